The van der Waals surface area contributed by atoms with Crippen molar-refractivity contribution in [1.82, 2.24) is 19.1 Å². The van der Waals surface area contributed by atoms with Crippen LogP contribution in [0.25, 0.3) is 116 Å². The van der Waals surface area contributed by atoms with Crippen molar-refractivity contribution in [2.24, 2.45) is 0 Å². The Morgan fingerprint density at radius 1 is 0.359 bits per heavy atom. The molecule has 4 aromatic heterocycles. The Morgan fingerprint density at radius 2 is 0.875 bits per heavy atom. The van der Waals surface area contributed by atoms with Crippen LogP contribution in [0.15, 0.2) is 225 Å². The fraction of sp³-hybridized carbons (Fsp3) is 0. The first-order chi connectivity index (χ1) is 31.7. The number of para-hydroxylation sites is 3. The maximum atomic E-state index is 8.34. The summed E-state index contributed by atoms with van der Waals surface area (Å²) >= 11 is 0. The standard InChI is InChI=1S/C59H37N5/c1-60-52-27-13-10-23-46(52)51-37-58(64-54-29-15-12-25-48(54)50-33-31-42(36-56(50)64)45-26-16-34-61-59(45)40-19-6-3-7-20-40)62-38-57(51)63-53-28-14-11-24-47(53)49-32-30-41(35-55(49)63)44-22-9-8-21-43(44)39-17-4-2-5-18-39/h2-38H. The highest BCUT2D eigenvalue weighted by Gasteiger charge is 2.22. The first-order valence-electron chi connectivity index (χ1n) is 21.4. The lowest BCUT2D eigenvalue weighted by atomic mass is 9.94. The predicted molar refractivity (Wildman–Crippen MR) is 264 cm³/mol. The second-order valence-electron chi connectivity index (χ2n) is 16.0. The smallest absolute Gasteiger partial charge is 0.194 e. The molecule has 0 aliphatic carbocycles. The van der Waals surface area contributed by atoms with Crippen LogP contribution in [0.3, 0.4) is 0 Å². The van der Waals surface area contributed by atoms with Gasteiger partial charge in [-0.05, 0) is 69.8 Å². The van der Waals surface area contributed by atoms with E-state index in [1.807, 2.05) is 42.7 Å². The molecule has 0 atom stereocenters. The fourth-order valence-corrected chi connectivity index (χ4v) is 9.60. The highest BCUT2D eigenvalue weighted by Crippen LogP contribution is 2.43. The third-order valence-corrected chi connectivity index (χ3v) is 12.5. The van der Waals surface area contributed by atoms with Gasteiger partial charge in [0.2, 0.25) is 0 Å². The minimum absolute atomic E-state index is 0.577. The lowest BCUT2D eigenvalue weighted by Gasteiger charge is -2.18. The summed E-state index contributed by atoms with van der Waals surface area (Å²) in [5, 5.41) is 4.56. The van der Waals surface area contributed by atoms with Crippen LogP contribution >= 0.6 is 0 Å². The number of fused-ring (bicyclic) bond motifs is 6. The summed E-state index contributed by atoms with van der Waals surface area (Å²) in [4.78, 5) is 14.3. The normalized spacial score (nSPS) is 11.4. The number of pyridine rings is 2. The van der Waals surface area contributed by atoms with E-state index in [0.717, 1.165) is 99.8 Å². The van der Waals surface area contributed by atoms with Crippen molar-refractivity contribution in [3.05, 3.63) is 236 Å². The third-order valence-electron chi connectivity index (χ3n) is 12.5. The maximum absolute atomic E-state index is 8.34. The molecule has 4 heterocycles. The van der Waals surface area contributed by atoms with Crippen LogP contribution in [0.2, 0.25) is 0 Å². The van der Waals surface area contributed by atoms with Crippen LogP contribution in [0.4, 0.5) is 5.69 Å². The van der Waals surface area contributed by atoms with Crippen molar-refractivity contribution < 1.29 is 0 Å². The zero-order valence-electron chi connectivity index (χ0n) is 34.6. The van der Waals surface area contributed by atoms with Gasteiger partial charge in [-0.1, -0.05) is 176 Å². The zero-order valence-corrected chi connectivity index (χ0v) is 34.6. The largest absolute Gasteiger partial charge is 0.307 e. The van der Waals surface area contributed by atoms with Crippen LogP contribution in [0, 0.1) is 6.57 Å². The third kappa shape index (κ3) is 6.00. The molecule has 5 heteroatoms. The van der Waals surface area contributed by atoms with Crippen LogP contribution in [-0.2, 0) is 0 Å². The molecule has 12 aromatic rings. The van der Waals surface area contributed by atoms with Gasteiger partial charge in [-0.15, -0.1) is 0 Å². The van der Waals surface area contributed by atoms with E-state index in [1.54, 1.807) is 0 Å². The van der Waals surface area contributed by atoms with Crippen molar-refractivity contribution in [2.75, 3.05) is 0 Å². The summed E-state index contributed by atoms with van der Waals surface area (Å²) in [6, 6.07) is 74.4. The highest BCUT2D eigenvalue weighted by molar-refractivity contribution is 6.12. The average molecular weight is 816 g/mol. The summed E-state index contributed by atoms with van der Waals surface area (Å²) in [5.41, 5.74) is 16.2. The molecule has 0 amide bonds. The molecule has 8 aromatic carbocycles. The van der Waals surface area contributed by atoms with Gasteiger partial charge in [0.05, 0.1) is 46.2 Å². The number of hydrogen-bond donors (Lipinski definition) is 0. The van der Waals surface area contributed by atoms with Gasteiger partial charge in [-0.3, -0.25) is 9.55 Å². The van der Waals surface area contributed by atoms with Crippen molar-refractivity contribution in [1.29, 1.82) is 0 Å². The van der Waals surface area contributed by atoms with Crippen LogP contribution < -0.4 is 0 Å². The molecule has 298 valence electrons. The molecular weight excluding hydrogens is 779 g/mol. The Kier molecular flexibility index (Phi) is 8.81. The topological polar surface area (TPSA) is 40.0 Å². The van der Waals surface area contributed by atoms with Gasteiger partial charge in [0.15, 0.2) is 5.69 Å². The molecular formula is C59H37N5. The number of hydrogen-bond acceptors (Lipinski definition) is 2. The molecule has 0 bridgehead atoms. The summed E-state index contributed by atoms with van der Waals surface area (Å²) in [6.07, 6.45) is 3.86. The first-order valence-corrected chi connectivity index (χ1v) is 21.4. The molecule has 12 rings (SSSR count). The molecule has 64 heavy (non-hydrogen) atoms. The van der Waals surface area contributed by atoms with Crippen molar-refractivity contribution in [3.8, 4) is 67.3 Å². The molecule has 0 unspecified atom stereocenters. The van der Waals surface area contributed by atoms with Gasteiger partial charge in [-0.25, -0.2) is 9.83 Å². The van der Waals surface area contributed by atoms with Crippen LogP contribution in [0.5, 0.6) is 0 Å². The van der Waals surface area contributed by atoms with Gasteiger partial charge in [0.1, 0.15) is 5.82 Å². The Hall–Kier alpha value is -8.85. The van der Waals surface area contributed by atoms with Gasteiger partial charge in [-0.2, -0.15) is 0 Å². The summed E-state index contributed by atoms with van der Waals surface area (Å²) in [5.74, 6) is 0.759. The summed E-state index contributed by atoms with van der Waals surface area (Å²) < 4.78 is 4.61. The lowest BCUT2D eigenvalue weighted by Crippen LogP contribution is -2.03. The number of aromatic nitrogens is 4. The second-order valence-corrected chi connectivity index (χ2v) is 16.0. The Balaban J connectivity index is 1.11. The van der Waals surface area contributed by atoms with E-state index < -0.39 is 0 Å². The number of nitrogens with zero attached hydrogens (tertiary/aromatic N) is 5. The number of rotatable bonds is 7. The lowest BCUT2D eigenvalue weighted by molar-refractivity contribution is 1.06. The SMILES string of the molecule is [C-]#[N+]c1ccccc1-c1cc(-n2c3ccccc3c3ccc(-c4cccnc4-c4ccccc4)cc32)ncc1-n1c2ccccc2c2ccc(-c3ccccc3-c3ccccc3)cc21. The molecule has 0 spiro atoms. The zero-order chi connectivity index (χ0) is 42.6. The van der Waals surface area contributed by atoms with Gasteiger partial charge >= 0.3 is 0 Å². The Morgan fingerprint density at radius 3 is 1.56 bits per heavy atom. The van der Waals surface area contributed by atoms with Gasteiger partial charge < -0.3 is 4.57 Å². The molecule has 0 saturated carbocycles. The first kappa shape index (κ1) is 37.0. The summed E-state index contributed by atoms with van der Waals surface area (Å²) in [7, 11) is 0. The van der Waals surface area contributed by atoms with E-state index in [-0.39, 0.29) is 0 Å². The molecule has 0 aliphatic rings. The molecule has 0 radical (unpaired) electrons. The van der Waals surface area contributed by atoms with Gasteiger partial charge in [0, 0.05) is 44.4 Å². The van der Waals surface area contributed by atoms with Gasteiger partial charge in [0.25, 0.3) is 0 Å². The average Bonchev–Trinajstić information content (AvgIpc) is 3.88. The number of benzene rings is 8. The molecule has 0 saturated heterocycles. The van der Waals surface area contributed by atoms with E-state index in [9.17, 15) is 0 Å². The van der Waals surface area contributed by atoms with Crippen molar-refractivity contribution in [3.63, 3.8) is 0 Å². The van der Waals surface area contributed by atoms with Crippen molar-refractivity contribution >= 4 is 49.3 Å². The molecule has 0 fully saturated rings. The molecule has 5 nitrogen and oxygen atoms in total. The second kappa shape index (κ2) is 15.3. The Bertz CT molecular complexity index is 3800. The minimum Gasteiger partial charge on any atom is -0.307 e. The highest BCUT2D eigenvalue weighted by atomic mass is 15.1. The maximum Gasteiger partial charge on any atom is 0.194 e. The molecule has 0 aliphatic heterocycles. The van der Waals surface area contributed by atoms with E-state index in [1.165, 1.54) is 11.1 Å². The van der Waals surface area contributed by atoms with Crippen LogP contribution in [-0.4, -0.2) is 19.1 Å². The quantitative estimate of drug-likeness (QED) is 0.150. The van der Waals surface area contributed by atoms with E-state index in [0.29, 0.717) is 5.69 Å². The minimum atomic E-state index is 0.577. The van der Waals surface area contributed by atoms with E-state index in [2.05, 4.69) is 196 Å². The monoisotopic (exact) mass is 815 g/mol. The Labute approximate surface area is 370 Å². The van der Waals surface area contributed by atoms with Crippen molar-refractivity contribution in [2.45, 2.75) is 0 Å². The molecule has 0 N–H and O–H groups in total. The van der Waals surface area contributed by atoms with E-state index >= 15 is 0 Å². The predicted octanol–water partition coefficient (Wildman–Crippen LogP) is 15.6. The fourth-order valence-electron chi connectivity index (χ4n) is 9.60. The van der Waals surface area contributed by atoms with E-state index in [4.69, 9.17) is 16.5 Å². The van der Waals surface area contributed by atoms with Crippen LogP contribution in [0.1, 0.15) is 0 Å². The summed E-state index contributed by atoms with van der Waals surface area (Å²) in [6.45, 7) is 8.34.